The van der Waals surface area contributed by atoms with Crippen molar-refractivity contribution in [2.75, 3.05) is 6.61 Å². The first kappa shape index (κ1) is 19.0. The average Bonchev–Trinajstić information content (AvgIpc) is 2.98. The number of thioether (sulfide) groups is 1. The highest BCUT2D eigenvalue weighted by Crippen LogP contribution is 2.32. The molecule has 0 atom stereocenters. The third-order valence-electron chi connectivity index (χ3n) is 3.73. The molecule has 1 heterocycles. The molecule has 0 aliphatic carbocycles. The summed E-state index contributed by atoms with van der Waals surface area (Å²) in [5.74, 6) is 0.953. The van der Waals surface area contributed by atoms with Gasteiger partial charge in [0, 0.05) is 5.56 Å². The Morgan fingerprint density at radius 2 is 2.04 bits per heavy atom. The zero-order valence-electron chi connectivity index (χ0n) is 14.5. The minimum atomic E-state index is -0.198. The summed E-state index contributed by atoms with van der Waals surface area (Å²) in [6.45, 7) is 2.62. The number of hydrogen-bond donors (Lipinski definition) is 1. The van der Waals surface area contributed by atoms with Gasteiger partial charge in [-0.2, -0.15) is 5.26 Å². The number of benzene rings is 2. The molecule has 1 saturated heterocycles. The van der Waals surface area contributed by atoms with E-state index in [0.29, 0.717) is 32.9 Å². The van der Waals surface area contributed by atoms with Crippen molar-refractivity contribution in [1.82, 2.24) is 5.32 Å². The van der Waals surface area contributed by atoms with Crippen molar-refractivity contribution in [3.05, 3.63) is 64.1 Å². The van der Waals surface area contributed by atoms with Crippen molar-refractivity contribution in [2.45, 2.75) is 13.5 Å². The lowest BCUT2D eigenvalue weighted by atomic mass is 10.1. The molecule has 1 N–H and O–H groups in total. The molecule has 136 valence electrons. The van der Waals surface area contributed by atoms with Gasteiger partial charge >= 0.3 is 0 Å². The Kier molecular flexibility index (Phi) is 6.12. The van der Waals surface area contributed by atoms with Gasteiger partial charge in [-0.3, -0.25) is 4.79 Å². The molecule has 0 unspecified atom stereocenters. The van der Waals surface area contributed by atoms with Crippen LogP contribution in [0.2, 0.25) is 0 Å². The molecule has 1 fully saturated rings. The van der Waals surface area contributed by atoms with E-state index in [1.807, 2.05) is 37.3 Å². The largest absolute Gasteiger partial charge is 0.490 e. The van der Waals surface area contributed by atoms with E-state index in [1.54, 1.807) is 18.2 Å². The topological polar surface area (TPSA) is 71.3 Å². The van der Waals surface area contributed by atoms with Crippen LogP contribution < -0.4 is 14.8 Å². The maximum atomic E-state index is 11.8. The van der Waals surface area contributed by atoms with Gasteiger partial charge in [0.05, 0.1) is 23.1 Å². The van der Waals surface area contributed by atoms with E-state index in [-0.39, 0.29) is 12.5 Å². The predicted octanol–water partition coefficient (Wildman–Crippen LogP) is 4.02. The van der Waals surface area contributed by atoms with E-state index in [2.05, 4.69) is 11.4 Å². The van der Waals surface area contributed by atoms with Gasteiger partial charge in [-0.1, -0.05) is 48.2 Å². The highest BCUT2D eigenvalue weighted by molar-refractivity contribution is 8.26. The van der Waals surface area contributed by atoms with E-state index in [9.17, 15) is 10.1 Å². The van der Waals surface area contributed by atoms with Crippen LogP contribution in [0.4, 0.5) is 0 Å². The van der Waals surface area contributed by atoms with Gasteiger partial charge < -0.3 is 14.8 Å². The summed E-state index contributed by atoms with van der Waals surface area (Å²) >= 11 is 6.23. The Balaban J connectivity index is 1.82. The fourth-order valence-corrected chi connectivity index (χ4v) is 3.53. The molecular weight excluding hydrogens is 380 g/mol. The Morgan fingerprint density at radius 3 is 2.74 bits per heavy atom. The first-order valence-electron chi connectivity index (χ1n) is 8.23. The molecular formula is C20H16N2O3S2. The smallest absolute Gasteiger partial charge is 0.263 e. The van der Waals surface area contributed by atoms with Gasteiger partial charge in [0.1, 0.15) is 10.9 Å². The van der Waals surface area contributed by atoms with Crippen molar-refractivity contribution in [1.29, 1.82) is 5.26 Å². The Morgan fingerprint density at radius 1 is 1.22 bits per heavy atom. The lowest BCUT2D eigenvalue weighted by Gasteiger charge is -2.13. The summed E-state index contributed by atoms with van der Waals surface area (Å²) in [6, 6.07) is 14.9. The Bertz CT molecular complexity index is 964. The van der Waals surface area contributed by atoms with Crippen LogP contribution >= 0.6 is 24.0 Å². The van der Waals surface area contributed by atoms with Crippen LogP contribution in [0.25, 0.3) is 6.08 Å². The monoisotopic (exact) mass is 396 g/mol. The van der Waals surface area contributed by atoms with Crippen LogP contribution in [0.1, 0.15) is 23.6 Å². The molecule has 7 heteroatoms. The second kappa shape index (κ2) is 8.71. The summed E-state index contributed by atoms with van der Waals surface area (Å²) in [5.41, 5.74) is 2.20. The molecule has 1 aliphatic rings. The van der Waals surface area contributed by atoms with Crippen LogP contribution in [-0.4, -0.2) is 16.8 Å². The molecule has 0 bridgehead atoms. The molecule has 3 rings (SSSR count). The number of amides is 1. The van der Waals surface area contributed by atoms with Crippen molar-refractivity contribution < 1.29 is 14.3 Å². The van der Waals surface area contributed by atoms with E-state index < -0.39 is 0 Å². The van der Waals surface area contributed by atoms with Crippen LogP contribution in [0.5, 0.6) is 11.5 Å². The Labute approximate surface area is 167 Å². The van der Waals surface area contributed by atoms with Gasteiger partial charge in [0.2, 0.25) is 0 Å². The maximum Gasteiger partial charge on any atom is 0.263 e. The van der Waals surface area contributed by atoms with E-state index in [0.717, 1.165) is 11.1 Å². The highest BCUT2D eigenvalue weighted by atomic mass is 32.2. The first-order chi connectivity index (χ1) is 13.1. The van der Waals surface area contributed by atoms with E-state index in [1.165, 1.54) is 11.8 Å². The number of rotatable bonds is 6. The molecule has 5 nitrogen and oxygen atoms in total. The second-order valence-corrected chi connectivity index (χ2v) is 7.27. The lowest BCUT2D eigenvalue weighted by Crippen LogP contribution is -2.17. The standard InChI is InChI=1S/C20H16N2O3S2/c1-2-24-17-9-13(10-18-19(23)22-20(26)27-18)7-8-16(17)25-12-15-6-4-3-5-14(15)11-21/h3-10H,2,12H2,1H3,(H,22,23,26)/b18-10-. The average molecular weight is 396 g/mol. The highest BCUT2D eigenvalue weighted by Gasteiger charge is 2.22. The first-order valence-corrected chi connectivity index (χ1v) is 9.45. The fourth-order valence-electron chi connectivity index (χ4n) is 2.49. The number of carbonyl (C=O) groups is 1. The van der Waals surface area contributed by atoms with Crippen molar-refractivity contribution in [3.63, 3.8) is 0 Å². The fraction of sp³-hybridized carbons (Fsp3) is 0.150. The third-order valence-corrected chi connectivity index (χ3v) is 4.89. The summed E-state index contributed by atoms with van der Waals surface area (Å²) in [6.07, 6.45) is 1.76. The number of hydrogen-bond acceptors (Lipinski definition) is 6. The molecule has 0 radical (unpaired) electrons. The van der Waals surface area contributed by atoms with Crippen LogP contribution in [0.15, 0.2) is 47.4 Å². The number of ether oxygens (including phenoxy) is 2. The van der Waals surface area contributed by atoms with Gasteiger partial charge in [0.25, 0.3) is 5.91 Å². The summed E-state index contributed by atoms with van der Waals surface area (Å²) in [4.78, 5) is 12.4. The molecule has 2 aromatic carbocycles. The summed E-state index contributed by atoms with van der Waals surface area (Å²) in [7, 11) is 0. The quantitative estimate of drug-likeness (QED) is 0.587. The molecule has 1 amide bonds. The molecule has 0 aromatic heterocycles. The third kappa shape index (κ3) is 4.67. The maximum absolute atomic E-state index is 11.8. The van der Waals surface area contributed by atoms with E-state index in [4.69, 9.17) is 21.7 Å². The molecule has 0 saturated carbocycles. The minimum Gasteiger partial charge on any atom is -0.490 e. The number of nitriles is 1. The van der Waals surface area contributed by atoms with Crippen LogP contribution in [0.3, 0.4) is 0 Å². The molecule has 0 spiro atoms. The van der Waals surface area contributed by atoms with E-state index >= 15 is 0 Å². The van der Waals surface area contributed by atoms with Crippen molar-refractivity contribution in [3.8, 4) is 17.6 Å². The summed E-state index contributed by atoms with van der Waals surface area (Å²) in [5, 5.41) is 11.8. The minimum absolute atomic E-state index is 0.198. The van der Waals surface area contributed by atoms with Gasteiger partial charge in [-0.05, 0) is 36.8 Å². The number of carbonyl (C=O) groups excluding carboxylic acids is 1. The molecule has 1 aliphatic heterocycles. The zero-order valence-corrected chi connectivity index (χ0v) is 16.2. The molecule has 2 aromatic rings. The lowest BCUT2D eigenvalue weighted by molar-refractivity contribution is -0.115. The number of thiocarbonyl (C=S) groups is 1. The van der Waals surface area contributed by atoms with Crippen LogP contribution in [-0.2, 0) is 11.4 Å². The SMILES string of the molecule is CCOc1cc(/C=C2\SC(=S)NC2=O)ccc1OCc1ccccc1C#N. The van der Waals surface area contributed by atoms with Gasteiger partial charge in [0.15, 0.2) is 11.5 Å². The normalized spacial score (nSPS) is 14.7. The Hall–Kier alpha value is -2.82. The molecule has 27 heavy (non-hydrogen) atoms. The van der Waals surface area contributed by atoms with Crippen LogP contribution in [0, 0.1) is 11.3 Å². The summed E-state index contributed by atoms with van der Waals surface area (Å²) < 4.78 is 12.0. The van der Waals surface area contributed by atoms with Gasteiger partial charge in [-0.15, -0.1) is 0 Å². The van der Waals surface area contributed by atoms with Crippen molar-refractivity contribution >= 4 is 40.3 Å². The van der Waals surface area contributed by atoms with Gasteiger partial charge in [-0.25, -0.2) is 0 Å². The van der Waals surface area contributed by atoms with Crippen molar-refractivity contribution in [2.24, 2.45) is 0 Å². The number of nitrogens with one attached hydrogen (secondary N) is 1. The zero-order chi connectivity index (χ0) is 19.2. The second-order valence-electron chi connectivity index (χ2n) is 5.55. The predicted molar refractivity (Wildman–Crippen MR) is 109 cm³/mol. The number of nitrogens with zero attached hydrogens (tertiary/aromatic N) is 1.